The molecule has 0 bridgehead atoms. The van der Waals surface area contributed by atoms with Crippen LogP contribution in [0.1, 0.15) is 19.8 Å². The van der Waals surface area contributed by atoms with E-state index in [-0.39, 0.29) is 17.9 Å². The molecule has 1 saturated heterocycles. The van der Waals surface area contributed by atoms with E-state index < -0.39 is 5.97 Å². The molecule has 5 nitrogen and oxygen atoms in total. The monoisotopic (exact) mass is 310 g/mol. The minimum Gasteiger partial charge on any atom is -0.494 e. The van der Waals surface area contributed by atoms with Crippen LogP contribution in [0.2, 0.25) is 0 Å². The molecule has 6 heteroatoms. The molecule has 1 atom stereocenters. The Labute approximate surface area is 130 Å². The fourth-order valence-corrected chi connectivity index (χ4v) is 2.69. The zero-order valence-corrected chi connectivity index (χ0v) is 12.8. The average molecular weight is 310 g/mol. The van der Waals surface area contributed by atoms with Crippen LogP contribution < -0.4 is 10.1 Å². The van der Waals surface area contributed by atoms with Gasteiger partial charge in [-0.25, -0.2) is 4.39 Å². The van der Waals surface area contributed by atoms with Crippen molar-refractivity contribution in [3.05, 3.63) is 30.1 Å². The molecule has 1 fully saturated rings. The first-order valence-electron chi connectivity index (χ1n) is 7.54. The van der Waals surface area contributed by atoms with Gasteiger partial charge in [0, 0.05) is 25.2 Å². The van der Waals surface area contributed by atoms with Crippen molar-refractivity contribution in [2.45, 2.75) is 25.3 Å². The largest absolute Gasteiger partial charge is 0.494 e. The molecule has 1 aliphatic heterocycles. The molecule has 122 valence electrons. The number of nitrogens with one attached hydrogen (secondary N) is 1. The molecule has 2 rings (SSSR count). The fraction of sp³-hybridized carbons (Fsp3) is 0.562. The molecule has 0 saturated carbocycles. The Hall–Kier alpha value is -1.66. The van der Waals surface area contributed by atoms with Crippen molar-refractivity contribution in [1.82, 2.24) is 10.2 Å². The van der Waals surface area contributed by atoms with Crippen LogP contribution in [0.15, 0.2) is 24.3 Å². The van der Waals surface area contributed by atoms with Gasteiger partial charge in [-0.3, -0.25) is 4.79 Å². The predicted octanol–water partition coefficient (Wildman–Crippen LogP) is 1.73. The molecule has 0 amide bonds. The number of hydrogen-bond acceptors (Lipinski definition) is 4. The lowest BCUT2D eigenvalue weighted by Gasteiger charge is -2.25. The topological polar surface area (TPSA) is 61.8 Å². The molecule has 2 N–H and O–H groups in total. The number of benzene rings is 1. The first-order valence-corrected chi connectivity index (χ1v) is 7.54. The highest BCUT2D eigenvalue weighted by molar-refractivity contribution is 5.69. The number of hydrogen-bond donors (Lipinski definition) is 2. The number of carboxylic acid groups (broad SMARTS) is 1. The Kier molecular flexibility index (Phi) is 5.74. The Balaban J connectivity index is 1.64. The van der Waals surface area contributed by atoms with Gasteiger partial charge in [-0.2, -0.15) is 0 Å². The molecule has 0 spiro atoms. The molecule has 1 heterocycles. The van der Waals surface area contributed by atoms with Gasteiger partial charge in [-0.05, 0) is 44.0 Å². The van der Waals surface area contributed by atoms with Crippen molar-refractivity contribution in [3.63, 3.8) is 0 Å². The summed E-state index contributed by atoms with van der Waals surface area (Å²) >= 11 is 0. The van der Waals surface area contributed by atoms with E-state index in [9.17, 15) is 9.18 Å². The van der Waals surface area contributed by atoms with Gasteiger partial charge >= 0.3 is 5.97 Å². The maximum atomic E-state index is 12.8. The minimum absolute atomic E-state index is 0.00197. The Morgan fingerprint density at radius 2 is 2.18 bits per heavy atom. The number of carboxylic acids is 1. The SMILES string of the molecule is C[C@@]1(NCC(=O)O)CCN(CCCOc2ccc(F)cc2)C1. The maximum absolute atomic E-state index is 12.8. The van der Waals surface area contributed by atoms with Crippen LogP contribution >= 0.6 is 0 Å². The standard InChI is InChI=1S/C16H23FN2O3/c1-16(18-11-15(20)21)7-9-19(12-16)8-2-10-22-14-5-3-13(17)4-6-14/h3-6,18H,2,7-12H2,1H3,(H,20,21)/t16-/m1/s1. The van der Waals surface area contributed by atoms with Crippen LogP contribution in [0.5, 0.6) is 5.75 Å². The lowest BCUT2D eigenvalue weighted by atomic mass is 10.0. The molecule has 1 aromatic rings. The second-order valence-corrected chi connectivity index (χ2v) is 5.99. The molecular formula is C16H23FN2O3. The van der Waals surface area contributed by atoms with Gasteiger partial charge in [0.1, 0.15) is 11.6 Å². The van der Waals surface area contributed by atoms with Crippen LogP contribution in [-0.2, 0) is 4.79 Å². The van der Waals surface area contributed by atoms with Crippen molar-refractivity contribution < 1.29 is 19.0 Å². The lowest BCUT2D eigenvalue weighted by molar-refractivity contribution is -0.136. The first-order chi connectivity index (χ1) is 10.5. The van der Waals surface area contributed by atoms with Crippen LogP contribution in [0, 0.1) is 5.82 Å². The van der Waals surface area contributed by atoms with Gasteiger partial charge in [-0.1, -0.05) is 0 Å². The van der Waals surface area contributed by atoms with Gasteiger partial charge < -0.3 is 20.1 Å². The molecule has 1 aliphatic rings. The van der Waals surface area contributed by atoms with E-state index in [2.05, 4.69) is 17.1 Å². The summed E-state index contributed by atoms with van der Waals surface area (Å²) in [6.45, 7) is 5.35. The van der Waals surface area contributed by atoms with Gasteiger partial charge in [0.15, 0.2) is 0 Å². The van der Waals surface area contributed by atoms with Crippen LogP contribution in [0.4, 0.5) is 4.39 Å². The summed E-state index contributed by atoms with van der Waals surface area (Å²) < 4.78 is 18.3. The molecular weight excluding hydrogens is 287 g/mol. The zero-order valence-electron chi connectivity index (χ0n) is 12.8. The summed E-state index contributed by atoms with van der Waals surface area (Å²) in [5.74, 6) is -0.416. The van der Waals surface area contributed by atoms with Crippen molar-refractivity contribution >= 4 is 5.97 Å². The third-order valence-electron chi connectivity index (χ3n) is 3.92. The van der Waals surface area contributed by atoms with E-state index in [0.717, 1.165) is 32.5 Å². The van der Waals surface area contributed by atoms with Gasteiger partial charge in [0.2, 0.25) is 0 Å². The summed E-state index contributed by atoms with van der Waals surface area (Å²) in [7, 11) is 0. The number of aliphatic carboxylic acids is 1. The van der Waals surface area contributed by atoms with Gasteiger partial charge in [0.25, 0.3) is 0 Å². The molecule has 1 aromatic carbocycles. The third-order valence-corrected chi connectivity index (χ3v) is 3.92. The summed E-state index contributed by atoms with van der Waals surface area (Å²) in [5, 5.41) is 11.8. The second kappa shape index (κ2) is 7.56. The van der Waals surface area contributed by atoms with Crippen LogP contribution in [0.25, 0.3) is 0 Å². The van der Waals surface area contributed by atoms with E-state index >= 15 is 0 Å². The van der Waals surface area contributed by atoms with Crippen molar-refractivity contribution in [3.8, 4) is 5.75 Å². The number of nitrogens with zero attached hydrogens (tertiary/aromatic N) is 1. The van der Waals surface area contributed by atoms with Gasteiger partial charge in [-0.15, -0.1) is 0 Å². The predicted molar refractivity (Wildman–Crippen MR) is 81.6 cm³/mol. The molecule has 0 aromatic heterocycles. The van der Waals surface area contributed by atoms with Crippen molar-refractivity contribution in [2.75, 3.05) is 32.8 Å². The normalized spacial score (nSPS) is 21.9. The number of carbonyl (C=O) groups is 1. The highest BCUT2D eigenvalue weighted by atomic mass is 19.1. The minimum atomic E-state index is -0.827. The smallest absolute Gasteiger partial charge is 0.317 e. The number of rotatable bonds is 8. The summed E-state index contributed by atoms with van der Waals surface area (Å²) in [5.41, 5.74) is -0.129. The second-order valence-electron chi connectivity index (χ2n) is 5.99. The van der Waals surface area contributed by atoms with Crippen LogP contribution in [0.3, 0.4) is 0 Å². The number of ether oxygens (including phenoxy) is 1. The number of halogens is 1. The van der Waals surface area contributed by atoms with Gasteiger partial charge in [0.05, 0.1) is 13.2 Å². The third kappa shape index (κ3) is 5.27. The van der Waals surface area contributed by atoms with E-state index in [0.29, 0.717) is 12.4 Å². The molecule has 0 radical (unpaired) electrons. The van der Waals surface area contributed by atoms with Crippen LogP contribution in [-0.4, -0.2) is 54.3 Å². The van der Waals surface area contributed by atoms with E-state index in [4.69, 9.17) is 9.84 Å². The average Bonchev–Trinajstić information content (AvgIpc) is 2.86. The maximum Gasteiger partial charge on any atom is 0.317 e. The van der Waals surface area contributed by atoms with E-state index in [1.165, 1.54) is 12.1 Å². The molecule has 0 aliphatic carbocycles. The lowest BCUT2D eigenvalue weighted by Crippen LogP contribution is -2.47. The molecule has 22 heavy (non-hydrogen) atoms. The van der Waals surface area contributed by atoms with Crippen molar-refractivity contribution in [2.24, 2.45) is 0 Å². The molecule has 0 unspecified atom stereocenters. The van der Waals surface area contributed by atoms with E-state index in [1.807, 2.05) is 0 Å². The summed E-state index contributed by atoms with van der Waals surface area (Å²) in [4.78, 5) is 12.9. The van der Waals surface area contributed by atoms with Crippen molar-refractivity contribution in [1.29, 1.82) is 0 Å². The van der Waals surface area contributed by atoms with E-state index in [1.54, 1.807) is 12.1 Å². The summed E-state index contributed by atoms with van der Waals surface area (Å²) in [6, 6.07) is 6.01. The Bertz CT molecular complexity index is 495. The summed E-state index contributed by atoms with van der Waals surface area (Å²) in [6.07, 6.45) is 1.82. The zero-order chi connectivity index (χ0) is 16.0. The highest BCUT2D eigenvalue weighted by Crippen LogP contribution is 2.20. The number of likely N-dealkylation sites (tertiary alicyclic amines) is 1. The Morgan fingerprint density at radius 1 is 1.45 bits per heavy atom. The first kappa shape index (κ1) is 16.7. The highest BCUT2D eigenvalue weighted by Gasteiger charge is 2.33. The Morgan fingerprint density at radius 3 is 2.86 bits per heavy atom. The fourth-order valence-electron chi connectivity index (χ4n) is 2.69. The quantitative estimate of drug-likeness (QED) is 0.716.